The fourth-order valence-corrected chi connectivity index (χ4v) is 5.12. The third-order valence-corrected chi connectivity index (χ3v) is 6.53. The van der Waals surface area contributed by atoms with Crippen LogP contribution in [0.2, 0.25) is 0 Å². The molecule has 0 saturated carbocycles. The van der Waals surface area contributed by atoms with E-state index in [-0.39, 0.29) is 11.5 Å². The number of hydrogen-bond donors (Lipinski definition) is 0. The van der Waals surface area contributed by atoms with E-state index in [1.807, 2.05) is 30.3 Å². The molecule has 1 aliphatic heterocycles. The average Bonchev–Trinajstić information content (AvgIpc) is 2.84. The fourth-order valence-electron chi connectivity index (χ4n) is 3.78. The van der Waals surface area contributed by atoms with E-state index in [9.17, 15) is 9.59 Å². The van der Waals surface area contributed by atoms with Crippen LogP contribution in [0.3, 0.4) is 0 Å². The van der Waals surface area contributed by atoms with Gasteiger partial charge < -0.3 is 14.2 Å². The number of pyridine rings is 1. The Morgan fingerprint density at radius 2 is 1.82 bits per heavy atom. The van der Waals surface area contributed by atoms with Crippen molar-refractivity contribution < 1.29 is 9.21 Å². The number of anilines is 1. The van der Waals surface area contributed by atoms with Crippen LogP contribution in [-0.2, 0) is 0 Å². The summed E-state index contributed by atoms with van der Waals surface area (Å²) in [5.74, 6) is 0.411. The average molecular weight is 571 g/mol. The second-order valence-corrected chi connectivity index (χ2v) is 9.32. The first-order valence-electron chi connectivity index (χ1n) is 10.2. The lowest BCUT2D eigenvalue weighted by Gasteiger charge is -2.35. The summed E-state index contributed by atoms with van der Waals surface area (Å²) in [4.78, 5) is 33.4. The van der Waals surface area contributed by atoms with Gasteiger partial charge in [0, 0.05) is 54.0 Å². The highest BCUT2D eigenvalue weighted by molar-refractivity contribution is 9.11. The van der Waals surface area contributed by atoms with Crippen molar-refractivity contribution >= 4 is 54.6 Å². The Morgan fingerprint density at radius 1 is 1.00 bits per heavy atom. The summed E-state index contributed by atoms with van der Waals surface area (Å²) in [6.45, 7) is 2.10. The molecular formula is C23H17Br2N5O3. The summed E-state index contributed by atoms with van der Waals surface area (Å²) >= 11 is 6.81. The number of aromatic nitrogens is 3. The van der Waals surface area contributed by atoms with E-state index in [1.165, 1.54) is 0 Å². The number of nitrogens with zero attached hydrogens (tertiary/aromatic N) is 5. The fraction of sp³-hybridized carbons (Fsp3) is 0.174. The maximum absolute atomic E-state index is 13.1. The lowest BCUT2D eigenvalue weighted by molar-refractivity contribution is 0.0742. The second kappa shape index (κ2) is 9.03. The van der Waals surface area contributed by atoms with Gasteiger partial charge in [0.15, 0.2) is 11.4 Å². The molecule has 0 aliphatic carbocycles. The van der Waals surface area contributed by atoms with E-state index in [1.54, 1.807) is 29.4 Å². The highest BCUT2D eigenvalue weighted by Crippen LogP contribution is 2.28. The predicted octanol–water partition coefficient (Wildman–Crippen LogP) is 4.13. The molecule has 0 spiro atoms. The Hall–Kier alpha value is -3.11. The Labute approximate surface area is 205 Å². The molecule has 1 aromatic carbocycles. The van der Waals surface area contributed by atoms with Crippen LogP contribution < -0.4 is 10.5 Å². The van der Waals surface area contributed by atoms with Gasteiger partial charge in [0.05, 0.1) is 10.2 Å². The van der Waals surface area contributed by atoms with Crippen LogP contribution in [0.4, 0.5) is 5.82 Å². The van der Waals surface area contributed by atoms with Gasteiger partial charge in [0.2, 0.25) is 0 Å². The molecule has 0 atom stereocenters. The Balaban J connectivity index is 1.30. The molecule has 0 radical (unpaired) electrons. The first kappa shape index (κ1) is 21.7. The number of halogens is 2. The van der Waals surface area contributed by atoms with Crippen LogP contribution in [0.1, 0.15) is 10.4 Å². The van der Waals surface area contributed by atoms with Crippen LogP contribution in [-0.4, -0.2) is 52.2 Å². The number of piperazine rings is 1. The minimum absolute atomic E-state index is 0.0292. The molecule has 33 heavy (non-hydrogen) atoms. The van der Waals surface area contributed by atoms with E-state index < -0.39 is 5.63 Å². The van der Waals surface area contributed by atoms with Crippen molar-refractivity contribution in [2.45, 2.75) is 0 Å². The van der Waals surface area contributed by atoms with Gasteiger partial charge in [0.25, 0.3) is 5.91 Å². The van der Waals surface area contributed by atoms with Crippen molar-refractivity contribution in [3.05, 3.63) is 79.8 Å². The number of amides is 1. The van der Waals surface area contributed by atoms with Crippen molar-refractivity contribution in [3.63, 3.8) is 0 Å². The number of hydrogen-bond acceptors (Lipinski definition) is 7. The Bertz CT molecular complexity index is 1390. The molecule has 1 fully saturated rings. The van der Waals surface area contributed by atoms with Crippen molar-refractivity contribution in [2.75, 3.05) is 31.1 Å². The highest BCUT2D eigenvalue weighted by atomic mass is 79.9. The van der Waals surface area contributed by atoms with Gasteiger partial charge in [-0.1, -0.05) is 15.9 Å². The summed E-state index contributed by atoms with van der Waals surface area (Å²) in [5, 5.41) is 9.32. The largest absolute Gasteiger partial charge is 0.421 e. The summed E-state index contributed by atoms with van der Waals surface area (Å²) in [6.07, 6.45) is 3.46. The Kier molecular flexibility index (Phi) is 5.94. The molecule has 0 N–H and O–H groups in total. The molecule has 10 heteroatoms. The van der Waals surface area contributed by atoms with Gasteiger partial charge >= 0.3 is 5.63 Å². The third-order valence-electron chi connectivity index (χ3n) is 5.48. The highest BCUT2D eigenvalue weighted by Gasteiger charge is 2.26. The summed E-state index contributed by atoms with van der Waals surface area (Å²) in [7, 11) is 0. The van der Waals surface area contributed by atoms with Gasteiger partial charge in [-0.2, -0.15) is 0 Å². The number of carbonyl (C=O) groups excluding carboxylic acids is 1. The van der Waals surface area contributed by atoms with Gasteiger partial charge in [-0.3, -0.25) is 9.78 Å². The number of carbonyl (C=O) groups is 1. The quantitative estimate of drug-likeness (QED) is 0.342. The monoisotopic (exact) mass is 569 g/mol. The molecule has 0 unspecified atom stereocenters. The molecule has 3 aromatic heterocycles. The zero-order chi connectivity index (χ0) is 22.9. The maximum Gasteiger partial charge on any atom is 0.349 e. The zero-order valence-electron chi connectivity index (χ0n) is 17.2. The molecule has 166 valence electrons. The Morgan fingerprint density at radius 3 is 2.52 bits per heavy atom. The van der Waals surface area contributed by atoms with Crippen molar-refractivity contribution in [2.24, 2.45) is 0 Å². The van der Waals surface area contributed by atoms with E-state index in [4.69, 9.17) is 4.42 Å². The number of benzene rings is 1. The minimum atomic E-state index is -0.644. The number of rotatable bonds is 3. The van der Waals surface area contributed by atoms with E-state index in [2.05, 4.69) is 51.9 Å². The molecule has 1 saturated heterocycles. The predicted molar refractivity (Wildman–Crippen MR) is 131 cm³/mol. The van der Waals surface area contributed by atoms with Crippen LogP contribution in [0.15, 0.2) is 73.0 Å². The molecule has 0 bridgehead atoms. The lowest BCUT2D eigenvalue weighted by atomic mass is 10.1. The summed E-state index contributed by atoms with van der Waals surface area (Å²) in [5.41, 5.74) is 1.46. The molecule has 8 nitrogen and oxygen atoms in total. The minimum Gasteiger partial charge on any atom is -0.421 e. The van der Waals surface area contributed by atoms with Gasteiger partial charge in [-0.25, -0.2) is 4.79 Å². The van der Waals surface area contributed by atoms with Gasteiger partial charge in [-0.05, 0) is 58.4 Å². The normalized spacial score (nSPS) is 14.0. The first-order valence-corrected chi connectivity index (χ1v) is 11.8. The van der Waals surface area contributed by atoms with Crippen molar-refractivity contribution in [3.8, 4) is 11.3 Å². The molecule has 4 aromatic rings. The first-order chi connectivity index (χ1) is 16.0. The third kappa shape index (κ3) is 4.40. The molecule has 1 amide bonds. The van der Waals surface area contributed by atoms with Crippen LogP contribution in [0, 0.1) is 0 Å². The van der Waals surface area contributed by atoms with Gasteiger partial charge in [0.1, 0.15) is 5.56 Å². The summed E-state index contributed by atoms with van der Waals surface area (Å²) < 4.78 is 6.89. The van der Waals surface area contributed by atoms with E-state index in [0.717, 1.165) is 21.5 Å². The lowest BCUT2D eigenvalue weighted by Crippen LogP contribution is -2.49. The summed E-state index contributed by atoms with van der Waals surface area (Å²) in [6, 6.07) is 12.8. The smallest absolute Gasteiger partial charge is 0.349 e. The second-order valence-electron chi connectivity index (χ2n) is 7.55. The standard InChI is InChI=1S/C23H17Br2N5O3/c24-16-10-15-11-17(23(32)33-21(15)18(25)12-16)22(31)30-8-6-29(7-9-30)20-4-3-19(27-28-20)14-2-1-5-26-13-14/h1-5,10-13H,6-9H2. The van der Waals surface area contributed by atoms with Crippen molar-refractivity contribution in [1.82, 2.24) is 20.1 Å². The van der Waals surface area contributed by atoms with Crippen LogP contribution in [0.25, 0.3) is 22.2 Å². The van der Waals surface area contributed by atoms with Crippen molar-refractivity contribution in [1.29, 1.82) is 0 Å². The molecule has 1 aliphatic rings. The molecule has 5 rings (SSSR count). The van der Waals surface area contributed by atoms with Crippen LogP contribution >= 0.6 is 31.9 Å². The SMILES string of the molecule is O=C(c1cc2cc(Br)cc(Br)c2oc1=O)N1CCN(c2ccc(-c3cccnc3)nn2)CC1. The zero-order valence-corrected chi connectivity index (χ0v) is 20.4. The molecular weight excluding hydrogens is 554 g/mol. The van der Waals surface area contributed by atoms with E-state index >= 15 is 0 Å². The number of fused-ring (bicyclic) bond motifs is 1. The van der Waals surface area contributed by atoms with Crippen LogP contribution in [0.5, 0.6) is 0 Å². The topological polar surface area (TPSA) is 92.4 Å². The maximum atomic E-state index is 13.1. The molecule has 4 heterocycles. The van der Waals surface area contributed by atoms with Gasteiger partial charge in [-0.15, -0.1) is 10.2 Å². The van der Waals surface area contributed by atoms with E-state index in [0.29, 0.717) is 41.6 Å².